The number of quaternary nitrogens is 1. The maximum absolute atomic E-state index is 4.52. The van der Waals surface area contributed by atoms with Crippen LogP contribution in [0.15, 0.2) is 12.2 Å². The highest BCUT2D eigenvalue weighted by Gasteiger charge is 2.52. The van der Waals surface area contributed by atoms with E-state index in [9.17, 15) is 0 Å². The summed E-state index contributed by atoms with van der Waals surface area (Å²) in [5.41, 5.74) is 6.79. The van der Waals surface area contributed by atoms with Crippen molar-refractivity contribution in [1.29, 1.82) is 0 Å². The fourth-order valence-corrected chi connectivity index (χ4v) is 4.31. The van der Waals surface area contributed by atoms with Gasteiger partial charge in [-0.15, -0.1) is 0 Å². The van der Waals surface area contributed by atoms with Crippen LogP contribution >= 0.6 is 0 Å². The predicted molar refractivity (Wildman–Crippen MR) is 68.9 cm³/mol. The molecular formula is C15H28ClN. The van der Waals surface area contributed by atoms with Gasteiger partial charge in [-0.25, -0.2) is 0 Å². The van der Waals surface area contributed by atoms with Crippen molar-refractivity contribution in [3.8, 4) is 0 Å². The summed E-state index contributed by atoms with van der Waals surface area (Å²) >= 11 is 0. The first-order valence-corrected chi connectivity index (χ1v) is 6.86. The molecule has 2 fully saturated rings. The van der Waals surface area contributed by atoms with Crippen LogP contribution in [0.25, 0.3) is 0 Å². The largest absolute Gasteiger partial charge is 1.00 e. The SMILES string of the molecule is C=C(C)C1CCC2(C)CCCC(C)([NH3+])C2C1.[Cl-]. The van der Waals surface area contributed by atoms with Crippen LogP contribution < -0.4 is 18.1 Å². The zero-order valence-corrected chi connectivity index (χ0v) is 12.4. The maximum Gasteiger partial charge on any atom is 0.0951 e. The van der Waals surface area contributed by atoms with E-state index in [1.165, 1.54) is 44.1 Å². The fourth-order valence-electron chi connectivity index (χ4n) is 4.31. The van der Waals surface area contributed by atoms with Gasteiger partial charge in [0.1, 0.15) is 0 Å². The Morgan fingerprint density at radius 1 is 1.24 bits per heavy atom. The summed E-state index contributed by atoms with van der Waals surface area (Å²) < 4.78 is 0. The van der Waals surface area contributed by atoms with Crippen LogP contribution in [0, 0.1) is 17.3 Å². The lowest BCUT2D eigenvalue weighted by atomic mass is 9.52. The van der Waals surface area contributed by atoms with Gasteiger partial charge in [-0.1, -0.05) is 19.1 Å². The molecule has 4 atom stereocenters. The van der Waals surface area contributed by atoms with Gasteiger partial charge in [-0.05, 0) is 57.3 Å². The molecule has 0 bridgehead atoms. The van der Waals surface area contributed by atoms with Crippen molar-refractivity contribution in [1.82, 2.24) is 0 Å². The molecule has 0 saturated heterocycles. The molecule has 0 aromatic rings. The first-order chi connectivity index (χ1) is 7.35. The van der Waals surface area contributed by atoms with Crippen molar-refractivity contribution in [2.24, 2.45) is 17.3 Å². The van der Waals surface area contributed by atoms with E-state index in [4.69, 9.17) is 0 Å². The number of hydrogen-bond donors (Lipinski definition) is 1. The summed E-state index contributed by atoms with van der Waals surface area (Å²) in [4.78, 5) is 0. The average Bonchev–Trinajstić information content (AvgIpc) is 2.15. The highest BCUT2D eigenvalue weighted by Crippen LogP contribution is 2.54. The lowest BCUT2D eigenvalue weighted by Gasteiger charge is -2.53. The molecule has 0 spiro atoms. The topological polar surface area (TPSA) is 27.6 Å². The van der Waals surface area contributed by atoms with E-state index in [1.54, 1.807) is 0 Å². The molecular weight excluding hydrogens is 230 g/mol. The number of fused-ring (bicyclic) bond motifs is 1. The molecule has 0 aromatic carbocycles. The number of allylic oxidation sites excluding steroid dienone is 1. The molecule has 0 heterocycles. The summed E-state index contributed by atoms with van der Waals surface area (Å²) in [5, 5.41) is 0. The highest BCUT2D eigenvalue weighted by molar-refractivity contribution is 5.07. The number of hydrogen-bond acceptors (Lipinski definition) is 0. The minimum atomic E-state index is 0. The normalized spacial score (nSPS) is 45.6. The summed E-state index contributed by atoms with van der Waals surface area (Å²) in [7, 11) is 0. The molecule has 2 aliphatic rings. The molecule has 1 nitrogen and oxygen atoms in total. The molecule has 0 amide bonds. The van der Waals surface area contributed by atoms with Crippen LogP contribution in [0.2, 0.25) is 0 Å². The Kier molecular flexibility index (Phi) is 4.37. The second kappa shape index (κ2) is 4.93. The maximum atomic E-state index is 4.52. The molecule has 2 aliphatic carbocycles. The predicted octanol–water partition coefficient (Wildman–Crippen LogP) is 0.174. The van der Waals surface area contributed by atoms with Gasteiger partial charge in [0.25, 0.3) is 0 Å². The van der Waals surface area contributed by atoms with E-state index in [-0.39, 0.29) is 12.4 Å². The minimum absolute atomic E-state index is 0. The monoisotopic (exact) mass is 257 g/mol. The van der Waals surface area contributed by atoms with Crippen LogP contribution in [0.1, 0.15) is 59.3 Å². The van der Waals surface area contributed by atoms with Gasteiger partial charge in [-0.2, -0.15) is 0 Å². The summed E-state index contributed by atoms with van der Waals surface area (Å²) in [5.74, 6) is 1.57. The van der Waals surface area contributed by atoms with Crippen LogP contribution in [0.4, 0.5) is 0 Å². The van der Waals surface area contributed by atoms with Crippen molar-refractivity contribution in [3.63, 3.8) is 0 Å². The summed E-state index contributed by atoms with van der Waals surface area (Å²) in [6.45, 7) is 11.3. The van der Waals surface area contributed by atoms with Crippen molar-refractivity contribution >= 4 is 0 Å². The highest BCUT2D eigenvalue weighted by atomic mass is 35.5. The minimum Gasteiger partial charge on any atom is -1.00 e. The lowest BCUT2D eigenvalue weighted by molar-refractivity contribution is -0.502. The van der Waals surface area contributed by atoms with E-state index < -0.39 is 0 Å². The zero-order valence-electron chi connectivity index (χ0n) is 11.7. The third kappa shape index (κ3) is 2.71. The van der Waals surface area contributed by atoms with E-state index in [1.807, 2.05) is 0 Å². The molecule has 0 radical (unpaired) electrons. The summed E-state index contributed by atoms with van der Waals surface area (Å²) in [6.07, 6.45) is 8.21. The van der Waals surface area contributed by atoms with Gasteiger partial charge in [0.05, 0.1) is 5.54 Å². The Morgan fingerprint density at radius 3 is 2.47 bits per heavy atom. The van der Waals surface area contributed by atoms with Crippen LogP contribution in [0.3, 0.4) is 0 Å². The molecule has 0 aromatic heterocycles. The second-order valence-corrected chi connectivity index (χ2v) is 7.03. The van der Waals surface area contributed by atoms with Crippen molar-refractivity contribution < 1.29 is 18.1 Å². The molecule has 2 heteroatoms. The van der Waals surface area contributed by atoms with Gasteiger partial charge in [0.2, 0.25) is 0 Å². The van der Waals surface area contributed by atoms with E-state index >= 15 is 0 Å². The summed E-state index contributed by atoms with van der Waals surface area (Å²) in [6, 6.07) is 0. The number of rotatable bonds is 1. The third-order valence-corrected chi connectivity index (χ3v) is 5.46. The van der Waals surface area contributed by atoms with Crippen LogP contribution in [0.5, 0.6) is 0 Å². The zero-order chi connectivity index (χ0) is 12.0. The first-order valence-electron chi connectivity index (χ1n) is 6.86. The van der Waals surface area contributed by atoms with Crippen molar-refractivity contribution in [2.75, 3.05) is 0 Å². The Morgan fingerprint density at radius 2 is 1.88 bits per heavy atom. The first kappa shape index (κ1) is 15.0. The van der Waals surface area contributed by atoms with Crippen molar-refractivity contribution in [2.45, 2.75) is 64.8 Å². The molecule has 100 valence electrons. The lowest BCUT2D eigenvalue weighted by Crippen LogP contribution is -3.00. The molecule has 2 rings (SSSR count). The Balaban J connectivity index is 0.00000144. The van der Waals surface area contributed by atoms with E-state index in [2.05, 4.69) is 33.1 Å². The smallest absolute Gasteiger partial charge is 0.0951 e. The standard InChI is InChI=1S/C15H27N.ClH/c1-11(2)12-6-9-14(3)7-5-8-15(4,16)13(14)10-12;/h12-13H,1,5-10,16H2,2-4H3;1H. The Bertz CT molecular complexity index is 297. The average molecular weight is 258 g/mol. The van der Waals surface area contributed by atoms with Gasteiger partial charge in [0, 0.05) is 12.3 Å². The quantitative estimate of drug-likeness (QED) is 0.649. The molecule has 0 aliphatic heterocycles. The van der Waals surface area contributed by atoms with Gasteiger partial charge in [0.15, 0.2) is 0 Å². The number of halogens is 1. The van der Waals surface area contributed by atoms with Gasteiger partial charge >= 0.3 is 0 Å². The van der Waals surface area contributed by atoms with Crippen LogP contribution in [-0.2, 0) is 0 Å². The molecule has 17 heavy (non-hydrogen) atoms. The molecule has 4 unspecified atom stereocenters. The van der Waals surface area contributed by atoms with Crippen molar-refractivity contribution in [3.05, 3.63) is 12.2 Å². The van der Waals surface area contributed by atoms with Crippen LogP contribution in [-0.4, -0.2) is 5.54 Å². The Hall–Kier alpha value is -0.0100. The molecule has 3 N–H and O–H groups in total. The fraction of sp³-hybridized carbons (Fsp3) is 0.867. The van der Waals surface area contributed by atoms with Gasteiger partial charge in [-0.3, -0.25) is 0 Å². The molecule has 2 saturated carbocycles. The Labute approximate surface area is 113 Å². The third-order valence-electron chi connectivity index (χ3n) is 5.46. The van der Waals surface area contributed by atoms with E-state index in [0.717, 1.165) is 11.8 Å². The second-order valence-electron chi connectivity index (χ2n) is 7.03. The van der Waals surface area contributed by atoms with Gasteiger partial charge < -0.3 is 18.1 Å². The van der Waals surface area contributed by atoms with E-state index in [0.29, 0.717) is 11.0 Å².